The summed E-state index contributed by atoms with van der Waals surface area (Å²) in [7, 11) is 0. The van der Waals surface area contributed by atoms with Crippen molar-refractivity contribution in [1.82, 2.24) is 14.8 Å². The molecule has 3 aromatic carbocycles. The molecule has 6 rings (SSSR count). The fourth-order valence-corrected chi connectivity index (χ4v) is 5.57. The maximum Gasteiger partial charge on any atom is 0.226 e. The van der Waals surface area contributed by atoms with Crippen molar-refractivity contribution in [1.29, 1.82) is 0 Å². The Morgan fingerprint density at radius 2 is 1.80 bits per heavy atom. The number of benzene rings is 3. The molecule has 5 aromatic rings. The van der Waals surface area contributed by atoms with Crippen LogP contribution in [0.25, 0.3) is 15.3 Å². The van der Waals surface area contributed by atoms with Crippen LogP contribution in [0.1, 0.15) is 40.3 Å². The lowest BCUT2D eigenvalue weighted by molar-refractivity contribution is -0.116. The van der Waals surface area contributed by atoms with Crippen LogP contribution in [0.3, 0.4) is 0 Å². The van der Waals surface area contributed by atoms with Crippen LogP contribution in [0.4, 0.5) is 5.82 Å². The summed E-state index contributed by atoms with van der Waals surface area (Å²) in [5.74, 6) is 1.27. The van der Waals surface area contributed by atoms with Crippen LogP contribution in [0.2, 0.25) is 0 Å². The first kappa shape index (κ1) is 21.6. The standard InChI is InChI=1S/C28H24N4O2S/c1-17-11-13-19(14-12-17)16-34-23-9-5-3-7-20(23)21-15-25(33)30-27-26(21)18(2)31-32(27)28-29-22-8-4-6-10-24(22)35-28/h3-14,21H,15-16H2,1-2H3,(H,30,33)/t21-/m1/s1. The van der Waals surface area contributed by atoms with Crippen LogP contribution in [0.5, 0.6) is 5.75 Å². The number of para-hydroxylation sites is 2. The molecule has 1 aliphatic rings. The Labute approximate surface area is 207 Å². The van der Waals surface area contributed by atoms with Gasteiger partial charge >= 0.3 is 0 Å². The van der Waals surface area contributed by atoms with Crippen LogP contribution in [-0.2, 0) is 11.4 Å². The Morgan fingerprint density at radius 1 is 1.03 bits per heavy atom. The third-order valence-corrected chi connectivity index (χ3v) is 7.39. The Kier molecular flexibility index (Phi) is 5.34. The number of anilines is 1. The molecule has 1 atom stereocenters. The summed E-state index contributed by atoms with van der Waals surface area (Å²) in [6.45, 7) is 4.53. The van der Waals surface area contributed by atoms with E-state index in [9.17, 15) is 4.79 Å². The second-order valence-electron chi connectivity index (χ2n) is 8.84. The molecule has 0 aliphatic carbocycles. The molecular weight excluding hydrogens is 456 g/mol. The van der Waals surface area contributed by atoms with Gasteiger partial charge in [-0.15, -0.1) is 0 Å². The van der Waals surface area contributed by atoms with E-state index in [1.807, 2.05) is 55.5 Å². The van der Waals surface area contributed by atoms with E-state index < -0.39 is 0 Å². The third-order valence-electron chi connectivity index (χ3n) is 6.38. The highest BCUT2D eigenvalue weighted by Crippen LogP contribution is 2.43. The second kappa shape index (κ2) is 8.67. The topological polar surface area (TPSA) is 69.0 Å². The van der Waals surface area contributed by atoms with Crippen molar-refractivity contribution in [3.8, 4) is 10.9 Å². The first-order chi connectivity index (χ1) is 17.1. The number of nitrogens with zero attached hydrogens (tertiary/aromatic N) is 3. The molecule has 0 saturated carbocycles. The molecule has 6 nitrogen and oxygen atoms in total. The molecule has 35 heavy (non-hydrogen) atoms. The smallest absolute Gasteiger partial charge is 0.226 e. The Balaban J connectivity index is 1.39. The molecule has 174 valence electrons. The van der Waals surface area contributed by atoms with Crippen LogP contribution in [0.15, 0.2) is 72.8 Å². The number of rotatable bonds is 5. The summed E-state index contributed by atoms with van der Waals surface area (Å²) in [5, 5.41) is 8.61. The van der Waals surface area contributed by atoms with Crippen LogP contribution < -0.4 is 10.1 Å². The molecule has 2 aromatic heterocycles. The number of thiazole rings is 1. The molecule has 7 heteroatoms. The molecule has 1 N–H and O–H groups in total. The number of hydrogen-bond acceptors (Lipinski definition) is 5. The van der Waals surface area contributed by atoms with Gasteiger partial charge in [0.05, 0.1) is 15.9 Å². The summed E-state index contributed by atoms with van der Waals surface area (Å²) in [4.78, 5) is 17.6. The highest BCUT2D eigenvalue weighted by molar-refractivity contribution is 7.20. The fraction of sp³-hybridized carbons (Fsp3) is 0.179. The zero-order chi connectivity index (χ0) is 23.9. The number of carbonyl (C=O) groups excluding carboxylic acids is 1. The van der Waals surface area contributed by atoms with Gasteiger partial charge in [-0.1, -0.05) is 71.5 Å². The van der Waals surface area contributed by atoms with E-state index in [0.717, 1.165) is 43.5 Å². The van der Waals surface area contributed by atoms with Crippen molar-refractivity contribution >= 4 is 33.3 Å². The van der Waals surface area contributed by atoms with E-state index in [4.69, 9.17) is 14.8 Å². The van der Waals surface area contributed by atoms with Crippen molar-refractivity contribution in [3.63, 3.8) is 0 Å². The first-order valence-corrected chi connectivity index (χ1v) is 12.4. The third kappa shape index (κ3) is 3.98. The van der Waals surface area contributed by atoms with Crippen molar-refractivity contribution in [3.05, 3.63) is 101 Å². The molecule has 3 heterocycles. The summed E-state index contributed by atoms with van der Waals surface area (Å²) < 4.78 is 9.12. The fourth-order valence-electron chi connectivity index (χ4n) is 4.65. The van der Waals surface area contributed by atoms with Gasteiger partial charge in [0.1, 0.15) is 18.2 Å². The molecule has 1 amide bonds. The monoisotopic (exact) mass is 480 g/mol. The van der Waals surface area contributed by atoms with Crippen LogP contribution >= 0.6 is 11.3 Å². The number of amides is 1. The Hall–Kier alpha value is -3.97. The minimum Gasteiger partial charge on any atom is -0.489 e. The van der Waals surface area contributed by atoms with E-state index >= 15 is 0 Å². The molecule has 1 aliphatic heterocycles. The molecule has 0 spiro atoms. The van der Waals surface area contributed by atoms with Crippen molar-refractivity contribution in [2.24, 2.45) is 0 Å². The second-order valence-corrected chi connectivity index (χ2v) is 9.85. The average molecular weight is 481 g/mol. The predicted octanol–water partition coefficient (Wildman–Crippen LogP) is 6.15. The lowest BCUT2D eigenvalue weighted by atomic mass is 9.85. The van der Waals surface area contributed by atoms with Gasteiger partial charge in [-0.2, -0.15) is 9.78 Å². The molecule has 0 radical (unpaired) electrons. The number of carbonyl (C=O) groups is 1. The first-order valence-electron chi connectivity index (χ1n) is 11.6. The Bertz CT molecular complexity index is 1520. The number of hydrogen-bond donors (Lipinski definition) is 1. The summed E-state index contributed by atoms with van der Waals surface area (Å²) in [5.41, 5.74) is 6.11. The van der Waals surface area contributed by atoms with Gasteiger partial charge in [0.15, 0.2) is 0 Å². The number of nitrogens with one attached hydrogen (secondary N) is 1. The molecule has 0 bridgehead atoms. The average Bonchev–Trinajstić information content (AvgIpc) is 3.44. The minimum absolute atomic E-state index is 0.0434. The van der Waals surface area contributed by atoms with Crippen molar-refractivity contribution in [2.75, 3.05) is 5.32 Å². The maximum absolute atomic E-state index is 12.9. The number of fused-ring (bicyclic) bond motifs is 2. The van der Waals surface area contributed by atoms with Crippen molar-refractivity contribution in [2.45, 2.75) is 32.8 Å². The highest BCUT2D eigenvalue weighted by atomic mass is 32.1. The Morgan fingerprint density at radius 3 is 2.63 bits per heavy atom. The molecule has 0 saturated heterocycles. The van der Waals surface area contributed by atoms with Gasteiger partial charge in [0.2, 0.25) is 11.0 Å². The van der Waals surface area contributed by atoms with Gasteiger partial charge in [-0.25, -0.2) is 4.98 Å². The van der Waals surface area contributed by atoms with E-state index in [0.29, 0.717) is 18.8 Å². The van der Waals surface area contributed by atoms with Gasteiger partial charge in [0, 0.05) is 23.5 Å². The van der Waals surface area contributed by atoms with Crippen LogP contribution in [-0.4, -0.2) is 20.7 Å². The minimum atomic E-state index is -0.156. The number of ether oxygens (including phenoxy) is 1. The largest absolute Gasteiger partial charge is 0.489 e. The number of aryl methyl sites for hydroxylation is 2. The molecule has 0 fully saturated rings. The zero-order valence-electron chi connectivity index (χ0n) is 19.5. The van der Waals surface area contributed by atoms with E-state index in [1.54, 1.807) is 16.0 Å². The van der Waals surface area contributed by atoms with E-state index in [-0.39, 0.29) is 11.8 Å². The summed E-state index contributed by atoms with van der Waals surface area (Å²) in [6.07, 6.45) is 0.338. The van der Waals surface area contributed by atoms with Crippen molar-refractivity contribution < 1.29 is 9.53 Å². The van der Waals surface area contributed by atoms with Gasteiger partial charge in [0.25, 0.3) is 0 Å². The van der Waals surface area contributed by atoms with Gasteiger partial charge in [-0.05, 0) is 37.6 Å². The van der Waals surface area contributed by atoms with E-state index in [1.165, 1.54) is 5.56 Å². The normalized spacial score (nSPS) is 15.1. The van der Waals surface area contributed by atoms with Crippen LogP contribution in [0, 0.1) is 13.8 Å². The predicted molar refractivity (Wildman–Crippen MR) is 139 cm³/mol. The zero-order valence-corrected chi connectivity index (χ0v) is 20.3. The lowest BCUT2D eigenvalue weighted by Gasteiger charge is -2.25. The summed E-state index contributed by atoms with van der Waals surface area (Å²) >= 11 is 1.56. The van der Waals surface area contributed by atoms with E-state index in [2.05, 4.69) is 36.5 Å². The quantitative estimate of drug-likeness (QED) is 0.327. The number of aromatic nitrogens is 3. The molecule has 0 unspecified atom stereocenters. The maximum atomic E-state index is 12.9. The van der Waals surface area contributed by atoms with Gasteiger partial charge < -0.3 is 10.1 Å². The highest BCUT2D eigenvalue weighted by Gasteiger charge is 2.34. The molecular formula is C28H24N4O2S. The summed E-state index contributed by atoms with van der Waals surface area (Å²) in [6, 6.07) is 24.3. The van der Waals surface area contributed by atoms with Gasteiger partial charge in [-0.3, -0.25) is 4.79 Å². The lowest BCUT2D eigenvalue weighted by Crippen LogP contribution is -2.25. The SMILES string of the molecule is Cc1ccc(COc2ccccc2[C@H]2CC(=O)Nc3c2c(C)nn3-c2nc3ccccc3s2)cc1.